The molecule has 0 saturated carbocycles. The zero-order valence-electron chi connectivity index (χ0n) is 6.90. The molecular formula is C8H14ClNO2. The summed E-state index contributed by atoms with van der Waals surface area (Å²) in [6, 6.07) is 0.594. The van der Waals surface area contributed by atoms with Crippen LogP contribution in [0.25, 0.3) is 0 Å². The third kappa shape index (κ3) is 1.57. The molecule has 0 aromatic carbocycles. The minimum atomic E-state index is -0.612. The van der Waals surface area contributed by atoms with Crippen molar-refractivity contribution in [1.82, 2.24) is 4.90 Å². The second-order valence-electron chi connectivity index (χ2n) is 3.56. The largest absolute Gasteiger partial charge is 0.481 e. The van der Waals surface area contributed by atoms with Crippen LogP contribution in [0.1, 0.15) is 19.3 Å². The van der Waals surface area contributed by atoms with Crippen molar-refractivity contribution in [2.24, 2.45) is 5.92 Å². The number of halogens is 1. The van der Waals surface area contributed by atoms with Crippen molar-refractivity contribution in [3.05, 3.63) is 0 Å². The molecule has 12 heavy (non-hydrogen) atoms. The fraction of sp³-hybridized carbons (Fsp3) is 0.875. The van der Waals surface area contributed by atoms with Crippen LogP contribution in [0, 0.1) is 5.92 Å². The van der Waals surface area contributed by atoms with Gasteiger partial charge in [-0.15, -0.1) is 12.4 Å². The summed E-state index contributed by atoms with van der Waals surface area (Å²) in [5, 5.41) is 8.74. The lowest BCUT2D eigenvalue weighted by Crippen LogP contribution is -2.23. The Hall–Kier alpha value is -0.280. The first-order valence-electron chi connectivity index (χ1n) is 4.24. The topological polar surface area (TPSA) is 40.5 Å². The summed E-state index contributed by atoms with van der Waals surface area (Å²) < 4.78 is 0. The van der Waals surface area contributed by atoms with Crippen LogP contribution in [-0.4, -0.2) is 35.1 Å². The van der Waals surface area contributed by atoms with Crippen molar-refractivity contribution < 1.29 is 9.90 Å². The second-order valence-corrected chi connectivity index (χ2v) is 3.56. The Kier molecular flexibility index (Phi) is 2.96. The van der Waals surface area contributed by atoms with E-state index < -0.39 is 5.97 Å². The first-order chi connectivity index (χ1) is 5.27. The van der Waals surface area contributed by atoms with Gasteiger partial charge in [-0.3, -0.25) is 9.69 Å². The van der Waals surface area contributed by atoms with Gasteiger partial charge in [0.25, 0.3) is 0 Å². The highest BCUT2D eigenvalue weighted by Crippen LogP contribution is 2.31. The molecule has 0 bridgehead atoms. The van der Waals surface area contributed by atoms with Crippen LogP contribution in [-0.2, 0) is 4.79 Å². The monoisotopic (exact) mass is 191 g/mol. The Morgan fingerprint density at radius 3 is 2.83 bits per heavy atom. The molecule has 2 saturated heterocycles. The van der Waals surface area contributed by atoms with Gasteiger partial charge in [0.2, 0.25) is 0 Å². The van der Waals surface area contributed by atoms with Gasteiger partial charge in [-0.05, 0) is 25.8 Å². The van der Waals surface area contributed by atoms with E-state index in [2.05, 4.69) is 4.90 Å². The number of carboxylic acids is 1. The van der Waals surface area contributed by atoms with E-state index in [0.29, 0.717) is 6.04 Å². The molecule has 70 valence electrons. The van der Waals surface area contributed by atoms with Crippen LogP contribution in [0.15, 0.2) is 0 Å². The van der Waals surface area contributed by atoms with E-state index in [1.807, 2.05) is 0 Å². The third-order valence-electron chi connectivity index (χ3n) is 2.86. The van der Waals surface area contributed by atoms with E-state index in [1.54, 1.807) is 0 Å². The van der Waals surface area contributed by atoms with E-state index in [9.17, 15) is 4.79 Å². The van der Waals surface area contributed by atoms with E-state index in [4.69, 9.17) is 5.11 Å². The number of fused-ring (bicyclic) bond motifs is 1. The number of aliphatic carboxylic acids is 1. The smallest absolute Gasteiger partial charge is 0.307 e. The first kappa shape index (κ1) is 9.81. The summed E-state index contributed by atoms with van der Waals surface area (Å²) in [6.45, 7) is 1.91. The highest BCUT2D eigenvalue weighted by atomic mass is 35.5. The Labute approximate surface area is 78.2 Å². The van der Waals surface area contributed by atoms with Gasteiger partial charge in [0.15, 0.2) is 0 Å². The lowest BCUT2D eigenvalue weighted by atomic mass is 10.0. The normalized spacial score (nSPS) is 34.3. The minimum absolute atomic E-state index is 0. The van der Waals surface area contributed by atoms with Crippen molar-refractivity contribution >= 4 is 18.4 Å². The average molecular weight is 192 g/mol. The molecule has 0 spiro atoms. The number of rotatable bonds is 1. The van der Waals surface area contributed by atoms with Crippen LogP contribution in [0.3, 0.4) is 0 Å². The lowest BCUT2D eigenvalue weighted by Gasteiger charge is -2.12. The highest BCUT2D eigenvalue weighted by Gasteiger charge is 2.38. The van der Waals surface area contributed by atoms with Crippen molar-refractivity contribution in [2.45, 2.75) is 25.3 Å². The number of hydrogen-bond donors (Lipinski definition) is 1. The summed E-state index contributed by atoms with van der Waals surface area (Å²) in [6.07, 6.45) is 3.36. The summed E-state index contributed by atoms with van der Waals surface area (Å²) in [5.41, 5.74) is 0. The highest BCUT2D eigenvalue weighted by molar-refractivity contribution is 5.85. The molecule has 2 fully saturated rings. The van der Waals surface area contributed by atoms with Gasteiger partial charge < -0.3 is 5.11 Å². The number of nitrogens with zero attached hydrogens (tertiary/aromatic N) is 1. The Balaban J connectivity index is 0.000000720. The summed E-state index contributed by atoms with van der Waals surface area (Å²) >= 11 is 0. The van der Waals surface area contributed by atoms with Crippen LogP contribution in [0.4, 0.5) is 0 Å². The SMILES string of the molecule is Cl.O=C(O)C1C[C@@H]2CCCN2C1. The Bertz CT molecular complexity index is 174. The standard InChI is InChI=1S/C8H13NO2.ClH/c10-8(11)6-4-7-2-1-3-9(7)5-6;/h6-7H,1-5H2,(H,10,11);1H/t6?,7-;/m0./s1. The van der Waals surface area contributed by atoms with Crippen molar-refractivity contribution in [3.63, 3.8) is 0 Å². The number of carboxylic acid groups (broad SMARTS) is 1. The molecule has 0 aromatic heterocycles. The fourth-order valence-corrected chi connectivity index (χ4v) is 2.27. The Morgan fingerprint density at radius 2 is 2.25 bits per heavy atom. The average Bonchev–Trinajstić information content (AvgIpc) is 2.40. The van der Waals surface area contributed by atoms with Crippen LogP contribution >= 0.6 is 12.4 Å². The van der Waals surface area contributed by atoms with Gasteiger partial charge in [0.1, 0.15) is 0 Å². The maximum atomic E-state index is 10.6. The molecule has 2 atom stereocenters. The molecular weight excluding hydrogens is 178 g/mol. The molecule has 2 heterocycles. The number of carbonyl (C=O) groups is 1. The molecule has 0 aliphatic carbocycles. The molecule has 2 aliphatic heterocycles. The molecule has 4 heteroatoms. The maximum Gasteiger partial charge on any atom is 0.307 e. The van der Waals surface area contributed by atoms with Gasteiger partial charge >= 0.3 is 5.97 Å². The van der Waals surface area contributed by atoms with E-state index in [1.165, 1.54) is 12.8 Å². The van der Waals surface area contributed by atoms with Gasteiger partial charge in [-0.25, -0.2) is 0 Å². The molecule has 1 N–H and O–H groups in total. The lowest BCUT2D eigenvalue weighted by molar-refractivity contribution is -0.141. The first-order valence-corrected chi connectivity index (χ1v) is 4.24. The third-order valence-corrected chi connectivity index (χ3v) is 2.86. The quantitative estimate of drug-likeness (QED) is 0.672. The molecule has 0 aromatic rings. The fourth-order valence-electron chi connectivity index (χ4n) is 2.27. The van der Waals surface area contributed by atoms with Gasteiger partial charge in [-0.1, -0.05) is 0 Å². The predicted molar refractivity (Wildman–Crippen MR) is 47.6 cm³/mol. The molecule has 0 amide bonds. The summed E-state index contributed by atoms with van der Waals surface area (Å²) in [7, 11) is 0. The van der Waals surface area contributed by atoms with E-state index in [-0.39, 0.29) is 18.3 Å². The van der Waals surface area contributed by atoms with Crippen molar-refractivity contribution in [3.8, 4) is 0 Å². The zero-order chi connectivity index (χ0) is 7.84. The van der Waals surface area contributed by atoms with Crippen LogP contribution < -0.4 is 0 Å². The molecule has 2 aliphatic rings. The van der Waals surface area contributed by atoms with Crippen molar-refractivity contribution in [2.75, 3.05) is 13.1 Å². The molecule has 1 unspecified atom stereocenters. The zero-order valence-corrected chi connectivity index (χ0v) is 7.72. The molecule has 3 nitrogen and oxygen atoms in total. The summed E-state index contributed by atoms with van der Waals surface area (Å²) in [5.74, 6) is -0.695. The second kappa shape index (κ2) is 3.62. The number of hydrogen-bond acceptors (Lipinski definition) is 2. The van der Waals surface area contributed by atoms with Gasteiger partial charge in [0.05, 0.1) is 5.92 Å². The predicted octanol–water partition coefficient (Wildman–Crippen LogP) is 0.977. The van der Waals surface area contributed by atoms with Crippen LogP contribution in [0.2, 0.25) is 0 Å². The van der Waals surface area contributed by atoms with E-state index in [0.717, 1.165) is 19.5 Å². The molecule has 2 rings (SSSR count). The van der Waals surface area contributed by atoms with Crippen LogP contribution in [0.5, 0.6) is 0 Å². The molecule has 0 radical (unpaired) electrons. The maximum absolute atomic E-state index is 10.6. The Morgan fingerprint density at radius 1 is 1.50 bits per heavy atom. The summed E-state index contributed by atoms with van der Waals surface area (Å²) in [4.78, 5) is 12.9. The van der Waals surface area contributed by atoms with Gasteiger partial charge in [0, 0.05) is 12.6 Å². The minimum Gasteiger partial charge on any atom is -0.481 e. The van der Waals surface area contributed by atoms with E-state index >= 15 is 0 Å². The van der Waals surface area contributed by atoms with Gasteiger partial charge in [-0.2, -0.15) is 0 Å². The van der Waals surface area contributed by atoms with Crippen molar-refractivity contribution in [1.29, 1.82) is 0 Å².